The fourth-order valence-corrected chi connectivity index (χ4v) is 6.41. The molecule has 1 aliphatic heterocycles. The van der Waals surface area contributed by atoms with Crippen LogP contribution in [0, 0.1) is 5.82 Å². The highest BCUT2D eigenvalue weighted by atomic mass is 32.1. The van der Waals surface area contributed by atoms with Gasteiger partial charge >= 0.3 is 12.1 Å². The lowest BCUT2D eigenvalue weighted by molar-refractivity contribution is -0.140. The van der Waals surface area contributed by atoms with Crippen LogP contribution in [0.4, 0.5) is 17.6 Å². The van der Waals surface area contributed by atoms with Crippen LogP contribution >= 0.6 is 11.3 Å². The molecule has 240 valence electrons. The van der Waals surface area contributed by atoms with Gasteiger partial charge in [0.25, 0.3) is 5.56 Å². The molecule has 47 heavy (non-hydrogen) atoms. The lowest BCUT2D eigenvalue weighted by Gasteiger charge is -2.28. The van der Waals surface area contributed by atoms with Gasteiger partial charge in [-0.15, -0.1) is 0 Å². The number of carbonyl (C=O) groups is 1. The van der Waals surface area contributed by atoms with Crippen LogP contribution in [0.15, 0.2) is 106 Å². The zero-order chi connectivity index (χ0) is 33.3. The number of thiazole rings is 1. The molecule has 0 N–H and O–H groups in total. The fraction of sp³-hybridized carbons (Fsp3) is 0.171. The van der Waals surface area contributed by atoms with Gasteiger partial charge in [-0.2, -0.15) is 13.2 Å². The summed E-state index contributed by atoms with van der Waals surface area (Å²) in [4.78, 5) is 31.1. The Kier molecular flexibility index (Phi) is 8.69. The zero-order valence-corrected chi connectivity index (χ0v) is 25.8. The highest BCUT2D eigenvalue weighted by molar-refractivity contribution is 7.07. The summed E-state index contributed by atoms with van der Waals surface area (Å²) in [5.41, 5.74) is -1.35. The van der Waals surface area contributed by atoms with E-state index in [0.717, 1.165) is 21.5 Å². The molecule has 0 amide bonds. The third kappa shape index (κ3) is 6.28. The Morgan fingerprint density at radius 3 is 2.40 bits per heavy atom. The molecule has 0 saturated carbocycles. The monoisotopic (exact) mass is 662 g/mol. The second-order valence-electron chi connectivity index (χ2n) is 10.5. The predicted octanol–water partition coefficient (Wildman–Crippen LogP) is 6.22. The number of allylic oxidation sites excluding steroid dienone is 1. The van der Waals surface area contributed by atoms with Crippen LogP contribution in [-0.4, -0.2) is 30.4 Å². The summed E-state index contributed by atoms with van der Waals surface area (Å²) in [6.45, 7) is 1.49. The van der Waals surface area contributed by atoms with Gasteiger partial charge in [-0.05, 0) is 65.2 Å². The SMILES string of the molecule is CCOC(=O)C1=C(C(F)(F)F)N=c2s/c(=C\c3ccc(OCc4ccc(F)cc4)cc3)c(=O)n2[C@H]1c1c(OC)ccc2ccccc12. The second kappa shape index (κ2) is 12.9. The molecule has 5 aromatic rings. The van der Waals surface area contributed by atoms with Gasteiger partial charge < -0.3 is 14.2 Å². The van der Waals surface area contributed by atoms with Crippen molar-refractivity contribution in [2.75, 3.05) is 13.7 Å². The van der Waals surface area contributed by atoms with Crippen molar-refractivity contribution in [1.29, 1.82) is 0 Å². The molecule has 1 aromatic heterocycles. The Morgan fingerprint density at radius 2 is 1.72 bits per heavy atom. The third-order valence-corrected chi connectivity index (χ3v) is 8.50. The molecule has 0 fully saturated rings. The number of ether oxygens (including phenoxy) is 3. The lowest BCUT2D eigenvalue weighted by atomic mass is 9.90. The zero-order valence-electron chi connectivity index (χ0n) is 25.0. The van der Waals surface area contributed by atoms with Gasteiger partial charge in [0.1, 0.15) is 30.0 Å². The van der Waals surface area contributed by atoms with E-state index in [4.69, 9.17) is 14.2 Å². The van der Waals surface area contributed by atoms with Crippen molar-refractivity contribution in [3.05, 3.63) is 138 Å². The van der Waals surface area contributed by atoms with Gasteiger partial charge in [-0.1, -0.05) is 65.9 Å². The van der Waals surface area contributed by atoms with Crippen LogP contribution in [0.25, 0.3) is 16.8 Å². The predicted molar refractivity (Wildman–Crippen MR) is 168 cm³/mol. The molecule has 0 saturated heterocycles. The smallest absolute Gasteiger partial charge is 0.434 e. The topological polar surface area (TPSA) is 79.1 Å². The Balaban J connectivity index is 1.50. The molecule has 1 aliphatic rings. The number of halogens is 4. The van der Waals surface area contributed by atoms with Crippen molar-refractivity contribution in [2.24, 2.45) is 4.99 Å². The number of alkyl halides is 3. The van der Waals surface area contributed by atoms with Gasteiger partial charge in [-0.25, -0.2) is 14.2 Å². The summed E-state index contributed by atoms with van der Waals surface area (Å²) in [7, 11) is 1.36. The van der Waals surface area contributed by atoms with E-state index in [1.54, 1.807) is 72.8 Å². The molecule has 4 aromatic carbocycles. The Bertz CT molecular complexity index is 2190. The van der Waals surface area contributed by atoms with Gasteiger partial charge in [-0.3, -0.25) is 9.36 Å². The van der Waals surface area contributed by atoms with Gasteiger partial charge in [0.15, 0.2) is 10.5 Å². The Morgan fingerprint density at radius 1 is 1.00 bits per heavy atom. The van der Waals surface area contributed by atoms with E-state index in [0.29, 0.717) is 22.1 Å². The standard InChI is InChI=1S/C35H26F4N2O5S/c1-3-45-33(43)29-30(28-25-7-5-4-6-22(25)12-17-26(28)44-2)41-32(42)27(47-34(41)40-31(29)35(37,38)39)18-20-10-15-24(16-11-20)46-19-21-8-13-23(36)14-9-21/h4-18,30H,3,19H2,1-2H3/b27-18-/t30-/m0/s1. The molecule has 0 bridgehead atoms. The van der Waals surface area contributed by atoms with E-state index in [2.05, 4.69) is 4.99 Å². The third-order valence-electron chi connectivity index (χ3n) is 7.52. The maximum Gasteiger partial charge on any atom is 0.434 e. The number of benzene rings is 4. The molecule has 2 heterocycles. The minimum absolute atomic E-state index is 0.0968. The maximum atomic E-state index is 14.6. The number of esters is 1. The second-order valence-corrected chi connectivity index (χ2v) is 11.5. The first-order valence-electron chi connectivity index (χ1n) is 14.4. The van der Waals surface area contributed by atoms with E-state index < -0.39 is 35.0 Å². The maximum absolute atomic E-state index is 14.6. The van der Waals surface area contributed by atoms with Crippen molar-refractivity contribution in [3.8, 4) is 11.5 Å². The number of hydrogen-bond acceptors (Lipinski definition) is 7. The van der Waals surface area contributed by atoms with Crippen LogP contribution in [-0.2, 0) is 16.1 Å². The summed E-state index contributed by atoms with van der Waals surface area (Å²) in [5, 5.41) is 1.16. The molecule has 0 spiro atoms. The highest BCUT2D eigenvalue weighted by Gasteiger charge is 2.46. The average Bonchev–Trinajstić information content (AvgIpc) is 3.37. The van der Waals surface area contributed by atoms with Gasteiger partial charge in [0, 0.05) is 5.56 Å². The van der Waals surface area contributed by atoms with Crippen molar-refractivity contribution in [1.82, 2.24) is 4.57 Å². The van der Waals surface area contributed by atoms with Crippen molar-refractivity contribution in [2.45, 2.75) is 25.7 Å². The summed E-state index contributed by atoms with van der Waals surface area (Å²) >= 11 is 0.773. The van der Waals surface area contributed by atoms with Crippen molar-refractivity contribution in [3.63, 3.8) is 0 Å². The van der Waals surface area contributed by atoms with E-state index >= 15 is 0 Å². The number of hydrogen-bond donors (Lipinski definition) is 0. The number of aromatic nitrogens is 1. The van der Waals surface area contributed by atoms with E-state index in [1.807, 2.05) is 0 Å². The Labute approximate surface area is 269 Å². The summed E-state index contributed by atoms with van der Waals surface area (Å²) < 4.78 is 74.8. The van der Waals surface area contributed by atoms with E-state index in [9.17, 15) is 27.2 Å². The summed E-state index contributed by atoms with van der Waals surface area (Å²) in [5.74, 6) is -0.888. The molecule has 12 heteroatoms. The van der Waals surface area contributed by atoms with E-state index in [1.165, 1.54) is 32.2 Å². The van der Waals surface area contributed by atoms with Crippen LogP contribution in [0.1, 0.15) is 29.7 Å². The average molecular weight is 663 g/mol. The molecular formula is C35H26F4N2O5S. The number of nitrogens with zero attached hydrogens (tertiary/aromatic N) is 2. The normalized spacial score (nSPS) is 14.9. The fourth-order valence-electron chi connectivity index (χ4n) is 5.41. The largest absolute Gasteiger partial charge is 0.496 e. The quantitative estimate of drug-likeness (QED) is 0.146. The molecule has 0 unspecified atom stereocenters. The number of carbonyl (C=O) groups excluding carboxylic acids is 1. The molecule has 6 rings (SSSR count). The number of rotatable bonds is 8. The minimum Gasteiger partial charge on any atom is -0.496 e. The first kappa shape index (κ1) is 31.7. The van der Waals surface area contributed by atoms with Gasteiger partial charge in [0.05, 0.1) is 23.8 Å². The number of fused-ring (bicyclic) bond motifs is 2. The van der Waals surface area contributed by atoms with Gasteiger partial charge in [0.2, 0.25) is 0 Å². The van der Waals surface area contributed by atoms with E-state index in [-0.39, 0.29) is 39.7 Å². The summed E-state index contributed by atoms with van der Waals surface area (Å²) in [6, 6.07) is 21.3. The summed E-state index contributed by atoms with van der Waals surface area (Å²) in [6.07, 6.45) is -3.51. The van der Waals surface area contributed by atoms with Crippen LogP contribution < -0.4 is 24.4 Å². The van der Waals surface area contributed by atoms with Crippen molar-refractivity contribution >= 4 is 34.2 Å². The molecule has 0 radical (unpaired) electrons. The minimum atomic E-state index is -5.04. The van der Waals surface area contributed by atoms with Crippen LogP contribution in [0.5, 0.6) is 11.5 Å². The van der Waals surface area contributed by atoms with Crippen LogP contribution in [0.3, 0.4) is 0 Å². The lowest BCUT2D eigenvalue weighted by Crippen LogP contribution is -2.41. The van der Waals surface area contributed by atoms with Crippen molar-refractivity contribution < 1.29 is 36.6 Å². The first-order valence-corrected chi connectivity index (χ1v) is 15.2. The molecule has 1 atom stereocenters. The molecule has 7 nitrogen and oxygen atoms in total. The highest BCUT2D eigenvalue weighted by Crippen LogP contribution is 2.43. The van der Waals surface area contributed by atoms with Crippen LogP contribution in [0.2, 0.25) is 0 Å². The molecule has 0 aliphatic carbocycles. The first-order chi connectivity index (χ1) is 22.6. The number of methoxy groups -OCH3 is 1. The Hall–Kier alpha value is -5.23. The molecular weight excluding hydrogens is 636 g/mol.